The third kappa shape index (κ3) is 5.64. The van der Waals surface area contributed by atoms with E-state index in [1.54, 1.807) is 33.6 Å². The third-order valence-electron chi connectivity index (χ3n) is 5.16. The van der Waals surface area contributed by atoms with E-state index in [1.165, 1.54) is 0 Å². The highest BCUT2D eigenvalue weighted by Crippen LogP contribution is 2.29. The molecule has 1 N–H and O–H groups in total. The van der Waals surface area contributed by atoms with E-state index in [-0.39, 0.29) is 24.3 Å². The Hall–Kier alpha value is -3.32. The number of rotatable bonds is 10. The van der Waals surface area contributed by atoms with E-state index < -0.39 is 0 Å². The lowest BCUT2D eigenvalue weighted by atomic mass is 9.94. The van der Waals surface area contributed by atoms with E-state index in [0.29, 0.717) is 18.1 Å². The van der Waals surface area contributed by atoms with Crippen molar-refractivity contribution in [2.75, 3.05) is 33.3 Å². The Morgan fingerprint density at radius 1 is 1.06 bits per heavy atom. The molecule has 0 aliphatic carbocycles. The summed E-state index contributed by atoms with van der Waals surface area (Å²) in [4.78, 5) is 16.7. The number of benzene rings is 2. The van der Waals surface area contributed by atoms with E-state index in [9.17, 15) is 4.79 Å². The minimum atomic E-state index is -0.0983. The summed E-state index contributed by atoms with van der Waals surface area (Å²) in [5.41, 5.74) is 2.72. The van der Waals surface area contributed by atoms with Gasteiger partial charge in [-0.1, -0.05) is 25.1 Å². The number of hydrogen-bond donors (Lipinski definition) is 1. The van der Waals surface area contributed by atoms with Crippen LogP contribution in [0.4, 0.5) is 5.69 Å². The number of nitrogens with one attached hydrogen (secondary N) is 1. The molecule has 1 aromatic heterocycles. The van der Waals surface area contributed by atoms with Crippen molar-refractivity contribution in [2.45, 2.75) is 19.4 Å². The van der Waals surface area contributed by atoms with Gasteiger partial charge < -0.3 is 24.1 Å². The van der Waals surface area contributed by atoms with Crippen molar-refractivity contribution in [3.8, 4) is 11.5 Å². The molecule has 1 amide bonds. The molecule has 0 bridgehead atoms. The molecule has 0 aliphatic rings. The van der Waals surface area contributed by atoms with Crippen LogP contribution >= 0.6 is 0 Å². The lowest BCUT2D eigenvalue weighted by Gasteiger charge is -2.25. The quantitative estimate of drug-likeness (QED) is 0.534. The van der Waals surface area contributed by atoms with Gasteiger partial charge in [0, 0.05) is 31.1 Å². The monoisotopic (exact) mass is 423 g/mol. The second-order valence-corrected chi connectivity index (χ2v) is 7.42. The van der Waals surface area contributed by atoms with Gasteiger partial charge in [-0.25, -0.2) is 4.98 Å². The van der Waals surface area contributed by atoms with Gasteiger partial charge in [-0.05, 0) is 35.4 Å². The number of carbonyl (C=O) groups excluding carboxylic acids is 1. The van der Waals surface area contributed by atoms with E-state index in [4.69, 9.17) is 14.2 Å². The Balaban J connectivity index is 1.69. The summed E-state index contributed by atoms with van der Waals surface area (Å²) in [5.74, 6) is 1.40. The molecule has 164 valence electrons. The fraction of sp³-hybridized carbons (Fsp3) is 0.333. The third-order valence-corrected chi connectivity index (χ3v) is 5.16. The summed E-state index contributed by atoms with van der Waals surface area (Å²) in [7, 11) is 4.87. The van der Waals surface area contributed by atoms with Crippen LogP contribution in [-0.4, -0.2) is 43.4 Å². The zero-order valence-electron chi connectivity index (χ0n) is 18.4. The van der Waals surface area contributed by atoms with Crippen LogP contribution in [0.25, 0.3) is 0 Å². The number of hydrogen-bond acceptors (Lipinski definition) is 5. The lowest BCUT2D eigenvalue weighted by Crippen LogP contribution is -2.21. The predicted octanol–water partition coefficient (Wildman–Crippen LogP) is 3.95. The molecule has 7 heteroatoms. The molecule has 31 heavy (non-hydrogen) atoms. The van der Waals surface area contributed by atoms with Crippen molar-refractivity contribution in [1.29, 1.82) is 0 Å². The molecule has 0 radical (unpaired) electrons. The van der Waals surface area contributed by atoms with Gasteiger partial charge in [0.25, 0.3) is 0 Å². The zero-order valence-corrected chi connectivity index (χ0v) is 18.4. The average Bonchev–Trinajstić information content (AvgIpc) is 3.29. The summed E-state index contributed by atoms with van der Waals surface area (Å²) >= 11 is 0. The molecular formula is C24H29N3O4. The van der Waals surface area contributed by atoms with Crippen molar-refractivity contribution >= 4 is 11.6 Å². The van der Waals surface area contributed by atoms with Crippen LogP contribution in [-0.2, 0) is 16.0 Å². The topological polar surface area (TPSA) is 74.6 Å². The molecule has 2 aromatic carbocycles. The Labute approximate surface area is 183 Å². The second kappa shape index (κ2) is 10.6. The first-order chi connectivity index (χ1) is 15.0. The van der Waals surface area contributed by atoms with Gasteiger partial charge in [-0.2, -0.15) is 0 Å². The molecule has 0 saturated carbocycles. The van der Waals surface area contributed by atoms with E-state index in [2.05, 4.69) is 21.8 Å². The largest absolute Gasteiger partial charge is 0.493 e. The predicted molar refractivity (Wildman–Crippen MR) is 120 cm³/mol. The molecule has 2 unspecified atom stereocenters. The smallest absolute Gasteiger partial charge is 0.228 e. The van der Waals surface area contributed by atoms with Crippen molar-refractivity contribution in [3.05, 3.63) is 72.3 Å². The van der Waals surface area contributed by atoms with Crippen LogP contribution in [0.1, 0.15) is 24.1 Å². The van der Waals surface area contributed by atoms with Gasteiger partial charge in [-0.15, -0.1) is 0 Å². The Kier molecular flexibility index (Phi) is 7.67. The SMILES string of the molecule is COCC(C)C(c1ccc(NC(=O)Cc2ccc(OC)c(OC)c2)cc1)n1ccnc1. The van der Waals surface area contributed by atoms with Crippen LogP contribution < -0.4 is 14.8 Å². The average molecular weight is 424 g/mol. The maximum atomic E-state index is 12.5. The molecule has 0 aliphatic heterocycles. The molecular weight excluding hydrogens is 394 g/mol. The molecule has 1 heterocycles. The first-order valence-corrected chi connectivity index (χ1v) is 10.1. The van der Waals surface area contributed by atoms with E-state index in [0.717, 1.165) is 16.8 Å². The van der Waals surface area contributed by atoms with E-state index in [1.807, 2.05) is 48.9 Å². The van der Waals surface area contributed by atoms with E-state index >= 15 is 0 Å². The summed E-state index contributed by atoms with van der Waals surface area (Å²) in [6, 6.07) is 13.5. The summed E-state index contributed by atoms with van der Waals surface area (Å²) in [6.45, 7) is 2.78. The Morgan fingerprint density at radius 2 is 1.81 bits per heavy atom. The van der Waals surface area contributed by atoms with Gasteiger partial charge >= 0.3 is 0 Å². The zero-order chi connectivity index (χ0) is 22.2. The number of methoxy groups -OCH3 is 3. The van der Waals surface area contributed by atoms with Gasteiger partial charge in [0.15, 0.2) is 11.5 Å². The molecule has 0 fully saturated rings. The Bertz CT molecular complexity index is 971. The maximum Gasteiger partial charge on any atom is 0.228 e. The molecule has 3 aromatic rings. The van der Waals surface area contributed by atoms with Crippen LogP contribution in [0.15, 0.2) is 61.2 Å². The van der Waals surface area contributed by atoms with Gasteiger partial charge in [0.1, 0.15) is 0 Å². The maximum absolute atomic E-state index is 12.5. The van der Waals surface area contributed by atoms with Crippen LogP contribution in [0, 0.1) is 5.92 Å². The van der Waals surface area contributed by atoms with Gasteiger partial charge in [0.2, 0.25) is 5.91 Å². The van der Waals surface area contributed by atoms with Crippen LogP contribution in [0.2, 0.25) is 0 Å². The highest BCUT2D eigenvalue weighted by Gasteiger charge is 2.21. The molecule has 3 rings (SSSR count). The Morgan fingerprint density at radius 3 is 2.42 bits per heavy atom. The fourth-order valence-corrected chi connectivity index (χ4v) is 3.73. The summed E-state index contributed by atoms with van der Waals surface area (Å²) in [6.07, 6.45) is 5.78. The lowest BCUT2D eigenvalue weighted by molar-refractivity contribution is -0.115. The summed E-state index contributed by atoms with van der Waals surface area (Å²) < 4.78 is 18.0. The standard InChI is InChI=1S/C24H29N3O4/c1-17(15-29-2)24(27-12-11-25-16-27)19-6-8-20(9-7-19)26-23(28)14-18-5-10-21(30-3)22(13-18)31-4/h5-13,16-17,24H,14-15H2,1-4H3,(H,26,28). The molecule has 7 nitrogen and oxygen atoms in total. The minimum Gasteiger partial charge on any atom is -0.493 e. The first kappa shape index (κ1) is 22.4. The van der Waals surface area contributed by atoms with Crippen molar-refractivity contribution in [3.63, 3.8) is 0 Å². The van der Waals surface area contributed by atoms with Crippen LogP contribution in [0.5, 0.6) is 11.5 Å². The molecule has 2 atom stereocenters. The van der Waals surface area contributed by atoms with Gasteiger partial charge in [-0.3, -0.25) is 4.79 Å². The first-order valence-electron chi connectivity index (χ1n) is 10.1. The fourth-order valence-electron chi connectivity index (χ4n) is 3.73. The second-order valence-electron chi connectivity index (χ2n) is 7.42. The number of aromatic nitrogens is 2. The number of imidazole rings is 1. The number of carbonyl (C=O) groups is 1. The molecule has 0 saturated heterocycles. The van der Waals surface area contributed by atoms with Crippen molar-refractivity contribution < 1.29 is 19.0 Å². The van der Waals surface area contributed by atoms with Gasteiger partial charge in [0.05, 0.1) is 39.6 Å². The number of nitrogens with zero attached hydrogens (tertiary/aromatic N) is 2. The summed E-state index contributed by atoms with van der Waals surface area (Å²) in [5, 5.41) is 2.96. The minimum absolute atomic E-state index is 0.0963. The number of anilines is 1. The molecule has 0 spiro atoms. The highest BCUT2D eigenvalue weighted by molar-refractivity contribution is 5.92. The highest BCUT2D eigenvalue weighted by atomic mass is 16.5. The number of amides is 1. The number of ether oxygens (including phenoxy) is 3. The van der Waals surface area contributed by atoms with Crippen molar-refractivity contribution in [2.24, 2.45) is 5.92 Å². The van der Waals surface area contributed by atoms with Crippen LogP contribution in [0.3, 0.4) is 0 Å². The van der Waals surface area contributed by atoms with Crippen molar-refractivity contribution in [1.82, 2.24) is 9.55 Å². The normalized spacial score (nSPS) is 12.8.